The zero-order valence-corrected chi connectivity index (χ0v) is 20.3. The second-order valence-corrected chi connectivity index (χ2v) is 8.73. The van der Waals surface area contributed by atoms with Crippen molar-refractivity contribution in [1.29, 1.82) is 0 Å². The summed E-state index contributed by atoms with van der Waals surface area (Å²) in [6.07, 6.45) is 4.20. The number of rotatable bonds is 10. The number of nitrogens with zero attached hydrogens (tertiary/aromatic N) is 2. The minimum absolute atomic E-state index is 0.000236. The van der Waals surface area contributed by atoms with Gasteiger partial charge in [0.2, 0.25) is 5.91 Å². The average molecular weight is 470 g/mol. The number of fused-ring (bicyclic) bond motifs is 1. The fourth-order valence-electron chi connectivity index (χ4n) is 4.40. The molecule has 0 aliphatic rings. The molecule has 4 aromatic rings. The highest BCUT2D eigenvalue weighted by Gasteiger charge is 2.17. The van der Waals surface area contributed by atoms with Gasteiger partial charge in [-0.05, 0) is 53.8 Å². The molecule has 1 aromatic heterocycles. The Labute approximate surface area is 205 Å². The van der Waals surface area contributed by atoms with Crippen molar-refractivity contribution in [2.45, 2.75) is 52.5 Å². The van der Waals surface area contributed by atoms with E-state index in [-0.39, 0.29) is 11.5 Å². The number of carboxylic acid groups (broad SMARTS) is 1. The number of imidazole rings is 1. The van der Waals surface area contributed by atoms with E-state index in [1.54, 1.807) is 12.1 Å². The number of carbonyl (C=O) groups is 2. The molecule has 0 unspecified atom stereocenters. The van der Waals surface area contributed by atoms with Gasteiger partial charge in [-0.3, -0.25) is 4.79 Å². The van der Waals surface area contributed by atoms with Crippen molar-refractivity contribution in [1.82, 2.24) is 9.55 Å². The van der Waals surface area contributed by atoms with Crippen LogP contribution in [0.15, 0.2) is 66.7 Å². The Morgan fingerprint density at radius 1 is 0.943 bits per heavy atom. The van der Waals surface area contributed by atoms with Gasteiger partial charge in [0, 0.05) is 25.1 Å². The van der Waals surface area contributed by atoms with E-state index < -0.39 is 5.97 Å². The van der Waals surface area contributed by atoms with Gasteiger partial charge < -0.3 is 15.0 Å². The van der Waals surface area contributed by atoms with Crippen LogP contribution in [0.25, 0.3) is 22.2 Å². The van der Waals surface area contributed by atoms with Crippen molar-refractivity contribution in [3.05, 3.63) is 83.7 Å². The van der Waals surface area contributed by atoms with E-state index in [0.717, 1.165) is 59.4 Å². The molecule has 0 bridgehead atoms. The zero-order chi connectivity index (χ0) is 24.8. The number of aryl methyl sites for hydroxylation is 1. The second kappa shape index (κ2) is 11.0. The van der Waals surface area contributed by atoms with E-state index in [0.29, 0.717) is 18.5 Å². The van der Waals surface area contributed by atoms with Crippen LogP contribution in [-0.4, -0.2) is 26.5 Å². The third kappa shape index (κ3) is 5.43. The van der Waals surface area contributed by atoms with Gasteiger partial charge in [-0.15, -0.1) is 0 Å². The standard InChI is InChI=1S/C29H31N3O3/c1-3-5-15-27-31-25-17-16-21(30-28(33)10-4-2)18-26(25)32(27)19-20-11-6-7-12-22(20)23-13-8-9-14-24(23)29(34)35/h6-9,11-14,16-18H,3-5,10,15,19H2,1-2H3,(H,30,33)(H,34,35). The van der Waals surface area contributed by atoms with E-state index in [1.165, 1.54) is 0 Å². The lowest BCUT2D eigenvalue weighted by molar-refractivity contribution is -0.116. The molecule has 0 atom stereocenters. The monoisotopic (exact) mass is 469 g/mol. The summed E-state index contributed by atoms with van der Waals surface area (Å²) in [5.74, 6) is 0.0412. The molecular weight excluding hydrogens is 438 g/mol. The van der Waals surface area contributed by atoms with Crippen LogP contribution >= 0.6 is 0 Å². The molecule has 2 N–H and O–H groups in total. The Kier molecular flexibility index (Phi) is 7.60. The lowest BCUT2D eigenvalue weighted by atomic mass is 9.95. The third-order valence-corrected chi connectivity index (χ3v) is 6.14. The average Bonchev–Trinajstić information content (AvgIpc) is 3.19. The molecule has 4 rings (SSSR count). The molecule has 6 heteroatoms. The number of aromatic nitrogens is 2. The van der Waals surface area contributed by atoms with Crippen LogP contribution in [0.1, 0.15) is 61.3 Å². The van der Waals surface area contributed by atoms with Crippen molar-refractivity contribution in [3.8, 4) is 11.1 Å². The maximum atomic E-state index is 12.2. The third-order valence-electron chi connectivity index (χ3n) is 6.14. The number of aromatic carboxylic acids is 1. The van der Waals surface area contributed by atoms with E-state index in [4.69, 9.17) is 4.98 Å². The van der Waals surface area contributed by atoms with Crippen LogP contribution in [0.2, 0.25) is 0 Å². The zero-order valence-electron chi connectivity index (χ0n) is 20.3. The number of hydrogen-bond acceptors (Lipinski definition) is 3. The van der Waals surface area contributed by atoms with Crippen LogP contribution in [-0.2, 0) is 17.8 Å². The summed E-state index contributed by atoms with van der Waals surface area (Å²) in [5.41, 5.74) is 5.47. The molecule has 35 heavy (non-hydrogen) atoms. The van der Waals surface area contributed by atoms with Gasteiger partial charge in [0.25, 0.3) is 0 Å². The highest BCUT2D eigenvalue weighted by Crippen LogP contribution is 2.30. The molecule has 0 aliphatic carbocycles. The molecule has 0 aliphatic heterocycles. The molecule has 0 fully saturated rings. The fraction of sp³-hybridized carbons (Fsp3) is 0.276. The number of carboxylic acids is 1. The maximum Gasteiger partial charge on any atom is 0.336 e. The van der Waals surface area contributed by atoms with Crippen LogP contribution < -0.4 is 5.32 Å². The Balaban J connectivity index is 1.80. The minimum atomic E-state index is -0.945. The van der Waals surface area contributed by atoms with Gasteiger partial charge >= 0.3 is 5.97 Å². The highest BCUT2D eigenvalue weighted by molar-refractivity contribution is 5.96. The Hall–Kier alpha value is -3.93. The van der Waals surface area contributed by atoms with Gasteiger partial charge in [-0.25, -0.2) is 9.78 Å². The summed E-state index contributed by atoms with van der Waals surface area (Å²) >= 11 is 0. The Morgan fingerprint density at radius 3 is 2.43 bits per heavy atom. The normalized spacial score (nSPS) is 11.0. The lowest BCUT2D eigenvalue weighted by Crippen LogP contribution is -2.11. The molecule has 1 heterocycles. The number of carbonyl (C=O) groups excluding carboxylic acids is 1. The largest absolute Gasteiger partial charge is 0.478 e. The number of unbranched alkanes of at least 4 members (excludes halogenated alkanes) is 1. The quantitative estimate of drug-likeness (QED) is 0.276. The molecule has 1 amide bonds. The number of hydrogen-bond donors (Lipinski definition) is 2. The first kappa shape index (κ1) is 24.2. The molecule has 3 aromatic carbocycles. The first-order chi connectivity index (χ1) is 17.0. The maximum absolute atomic E-state index is 12.2. The molecule has 180 valence electrons. The van der Waals surface area contributed by atoms with E-state index in [9.17, 15) is 14.7 Å². The Bertz CT molecular complexity index is 1360. The van der Waals surface area contributed by atoms with Crippen molar-refractivity contribution in [2.75, 3.05) is 5.32 Å². The van der Waals surface area contributed by atoms with Crippen molar-refractivity contribution < 1.29 is 14.7 Å². The number of benzene rings is 3. The molecule has 6 nitrogen and oxygen atoms in total. The molecular formula is C29H31N3O3. The fourth-order valence-corrected chi connectivity index (χ4v) is 4.40. The molecule has 0 saturated heterocycles. The van der Waals surface area contributed by atoms with Gasteiger partial charge in [-0.1, -0.05) is 62.7 Å². The summed E-state index contributed by atoms with van der Waals surface area (Å²) in [6, 6.07) is 20.9. The van der Waals surface area contributed by atoms with Gasteiger partial charge in [0.15, 0.2) is 0 Å². The lowest BCUT2D eigenvalue weighted by Gasteiger charge is -2.15. The van der Waals surface area contributed by atoms with Crippen LogP contribution in [0.4, 0.5) is 5.69 Å². The summed E-state index contributed by atoms with van der Waals surface area (Å²) < 4.78 is 2.20. The van der Waals surface area contributed by atoms with Crippen molar-refractivity contribution in [3.63, 3.8) is 0 Å². The first-order valence-corrected chi connectivity index (χ1v) is 12.2. The van der Waals surface area contributed by atoms with E-state index in [2.05, 4.69) is 16.8 Å². The van der Waals surface area contributed by atoms with Crippen LogP contribution in [0.3, 0.4) is 0 Å². The van der Waals surface area contributed by atoms with Gasteiger partial charge in [0.05, 0.1) is 16.6 Å². The predicted octanol–water partition coefficient (Wildman–Crippen LogP) is 6.53. The van der Waals surface area contributed by atoms with Crippen LogP contribution in [0.5, 0.6) is 0 Å². The molecule has 0 saturated carbocycles. The molecule has 0 radical (unpaired) electrons. The van der Waals surface area contributed by atoms with Crippen molar-refractivity contribution >= 4 is 28.6 Å². The molecule has 0 spiro atoms. The first-order valence-electron chi connectivity index (χ1n) is 12.2. The van der Waals surface area contributed by atoms with Gasteiger partial charge in [-0.2, -0.15) is 0 Å². The minimum Gasteiger partial charge on any atom is -0.478 e. The number of nitrogens with one attached hydrogen (secondary N) is 1. The highest BCUT2D eigenvalue weighted by atomic mass is 16.4. The smallest absolute Gasteiger partial charge is 0.336 e. The van der Waals surface area contributed by atoms with Gasteiger partial charge in [0.1, 0.15) is 5.82 Å². The summed E-state index contributed by atoms with van der Waals surface area (Å²) in [7, 11) is 0. The van der Waals surface area contributed by atoms with E-state index in [1.807, 2.05) is 61.5 Å². The van der Waals surface area contributed by atoms with E-state index >= 15 is 0 Å². The summed E-state index contributed by atoms with van der Waals surface area (Å²) in [4.78, 5) is 29.0. The Morgan fingerprint density at radius 2 is 1.69 bits per heavy atom. The topological polar surface area (TPSA) is 84.2 Å². The van der Waals surface area contributed by atoms with Crippen LogP contribution in [0, 0.1) is 0 Å². The number of anilines is 1. The summed E-state index contributed by atoms with van der Waals surface area (Å²) in [6.45, 7) is 4.69. The van der Waals surface area contributed by atoms with Crippen molar-refractivity contribution in [2.24, 2.45) is 0 Å². The summed E-state index contributed by atoms with van der Waals surface area (Å²) in [5, 5.41) is 12.7. The SMILES string of the molecule is CCCCc1nc2ccc(NC(=O)CCC)cc2n1Cc1ccccc1-c1ccccc1C(=O)O. The predicted molar refractivity (Wildman–Crippen MR) is 140 cm³/mol. The second-order valence-electron chi connectivity index (χ2n) is 8.73. The number of amides is 1.